The highest BCUT2D eigenvalue weighted by Gasteiger charge is 2.31. The minimum atomic E-state index is -4.87. The second-order valence-electron chi connectivity index (χ2n) is 4.45. The van der Waals surface area contributed by atoms with Crippen LogP contribution < -0.4 is 10.1 Å². The second kappa shape index (κ2) is 6.75. The molecule has 126 valence electrons. The van der Waals surface area contributed by atoms with Crippen LogP contribution in [0.5, 0.6) is 5.75 Å². The fourth-order valence-electron chi connectivity index (χ4n) is 1.77. The summed E-state index contributed by atoms with van der Waals surface area (Å²) in [6.07, 6.45) is -4.87. The van der Waals surface area contributed by atoms with Gasteiger partial charge in [-0.15, -0.1) is 13.2 Å². The number of ether oxygens (including phenoxy) is 1. The van der Waals surface area contributed by atoms with Crippen molar-refractivity contribution >= 4 is 28.9 Å². The molecular weight excluding hydrogens is 353 g/mol. The van der Waals surface area contributed by atoms with E-state index in [1.54, 1.807) is 0 Å². The van der Waals surface area contributed by atoms with Crippen LogP contribution in [0.1, 0.15) is 10.4 Å². The number of alkyl halides is 3. The Hall–Kier alpha value is -2.81. The van der Waals surface area contributed by atoms with E-state index in [4.69, 9.17) is 11.6 Å². The predicted octanol–water partition coefficient (Wildman–Crippen LogP) is 4.40. The van der Waals surface area contributed by atoms with E-state index in [0.717, 1.165) is 24.3 Å². The fraction of sp³-hybridized carbons (Fsp3) is 0.0714. The molecule has 6 nitrogen and oxygen atoms in total. The van der Waals surface area contributed by atoms with Gasteiger partial charge in [-0.3, -0.25) is 14.9 Å². The van der Waals surface area contributed by atoms with Gasteiger partial charge in [0.2, 0.25) is 0 Å². The lowest BCUT2D eigenvalue weighted by atomic mass is 10.2. The summed E-state index contributed by atoms with van der Waals surface area (Å²) in [7, 11) is 0. The van der Waals surface area contributed by atoms with Gasteiger partial charge in [-0.1, -0.05) is 17.7 Å². The van der Waals surface area contributed by atoms with Gasteiger partial charge in [0.15, 0.2) is 0 Å². The van der Waals surface area contributed by atoms with Gasteiger partial charge in [0.1, 0.15) is 5.75 Å². The van der Waals surface area contributed by atoms with Crippen molar-refractivity contribution in [1.29, 1.82) is 0 Å². The number of non-ortho nitro benzene ring substituents is 1. The molecule has 2 rings (SSSR count). The molecule has 0 atom stereocenters. The summed E-state index contributed by atoms with van der Waals surface area (Å²) in [6, 6.07) is 7.85. The number of carbonyl (C=O) groups excluding carboxylic acids is 1. The largest absolute Gasteiger partial charge is 0.573 e. The molecule has 0 bridgehead atoms. The molecule has 0 saturated heterocycles. The highest BCUT2D eigenvalue weighted by Crippen LogP contribution is 2.26. The van der Waals surface area contributed by atoms with Gasteiger partial charge >= 0.3 is 6.36 Å². The van der Waals surface area contributed by atoms with Crippen LogP contribution in [0.25, 0.3) is 0 Å². The molecule has 0 aromatic heterocycles. The summed E-state index contributed by atoms with van der Waals surface area (Å²) in [5.74, 6) is -1.33. The Labute approximate surface area is 137 Å². The molecule has 1 N–H and O–H groups in total. The van der Waals surface area contributed by atoms with Crippen molar-refractivity contribution in [2.75, 3.05) is 5.32 Å². The zero-order chi connectivity index (χ0) is 17.9. The lowest BCUT2D eigenvalue weighted by Gasteiger charge is -2.11. The van der Waals surface area contributed by atoms with Crippen molar-refractivity contribution in [3.05, 3.63) is 63.2 Å². The molecule has 0 fully saturated rings. The quantitative estimate of drug-likeness (QED) is 0.647. The van der Waals surface area contributed by atoms with E-state index >= 15 is 0 Å². The van der Waals surface area contributed by atoms with Crippen LogP contribution in [0.4, 0.5) is 24.5 Å². The zero-order valence-corrected chi connectivity index (χ0v) is 12.4. The van der Waals surface area contributed by atoms with Crippen LogP contribution in [0.15, 0.2) is 42.5 Å². The van der Waals surface area contributed by atoms with E-state index in [-0.39, 0.29) is 22.0 Å². The maximum Gasteiger partial charge on any atom is 0.573 e. The van der Waals surface area contributed by atoms with Crippen LogP contribution in [-0.4, -0.2) is 17.2 Å². The van der Waals surface area contributed by atoms with Crippen LogP contribution in [0, 0.1) is 10.1 Å². The van der Waals surface area contributed by atoms with Gasteiger partial charge in [-0.2, -0.15) is 0 Å². The Morgan fingerprint density at radius 2 is 1.92 bits per heavy atom. The third-order valence-electron chi connectivity index (χ3n) is 2.73. The van der Waals surface area contributed by atoms with Gasteiger partial charge < -0.3 is 10.1 Å². The van der Waals surface area contributed by atoms with Crippen LogP contribution in [-0.2, 0) is 0 Å². The summed E-state index contributed by atoms with van der Waals surface area (Å²) in [5.41, 5.74) is -0.531. The first-order valence-electron chi connectivity index (χ1n) is 6.27. The molecule has 0 aliphatic rings. The highest BCUT2D eigenvalue weighted by molar-refractivity contribution is 6.34. The molecule has 10 heteroatoms. The molecule has 1 amide bonds. The Kier molecular flexibility index (Phi) is 4.93. The van der Waals surface area contributed by atoms with Crippen molar-refractivity contribution in [3.63, 3.8) is 0 Å². The van der Waals surface area contributed by atoms with Crippen molar-refractivity contribution < 1.29 is 27.6 Å². The Balaban J connectivity index is 2.22. The minimum Gasteiger partial charge on any atom is -0.406 e. The average molecular weight is 361 g/mol. The number of rotatable bonds is 4. The van der Waals surface area contributed by atoms with Gasteiger partial charge in [0.25, 0.3) is 11.6 Å². The summed E-state index contributed by atoms with van der Waals surface area (Å²) < 4.78 is 40.3. The topological polar surface area (TPSA) is 81.5 Å². The van der Waals surface area contributed by atoms with Gasteiger partial charge in [-0.25, -0.2) is 0 Å². The predicted molar refractivity (Wildman–Crippen MR) is 79.2 cm³/mol. The monoisotopic (exact) mass is 360 g/mol. The maximum absolute atomic E-state index is 12.2. The molecule has 0 heterocycles. The van der Waals surface area contributed by atoms with Crippen LogP contribution >= 0.6 is 11.6 Å². The summed E-state index contributed by atoms with van der Waals surface area (Å²) >= 11 is 5.82. The van der Waals surface area contributed by atoms with Crippen LogP contribution in [0.2, 0.25) is 5.02 Å². The average Bonchev–Trinajstić information content (AvgIpc) is 2.45. The first kappa shape index (κ1) is 17.5. The highest BCUT2D eigenvalue weighted by atomic mass is 35.5. The number of carbonyl (C=O) groups is 1. The molecule has 0 aliphatic heterocycles. The molecule has 0 saturated carbocycles. The lowest BCUT2D eigenvalue weighted by molar-refractivity contribution is -0.384. The maximum atomic E-state index is 12.2. The lowest BCUT2D eigenvalue weighted by Crippen LogP contribution is -2.17. The smallest absolute Gasteiger partial charge is 0.406 e. The summed E-state index contributed by atoms with van der Waals surface area (Å²) in [4.78, 5) is 22.2. The number of hydrogen-bond acceptors (Lipinski definition) is 4. The number of benzene rings is 2. The molecule has 24 heavy (non-hydrogen) atoms. The Morgan fingerprint density at radius 3 is 2.54 bits per heavy atom. The molecule has 0 unspecified atom stereocenters. The van der Waals surface area contributed by atoms with Crippen molar-refractivity contribution in [2.24, 2.45) is 0 Å². The second-order valence-corrected chi connectivity index (χ2v) is 4.86. The van der Waals surface area contributed by atoms with Crippen molar-refractivity contribution in [3.8, 4) is 5.75 Å². The summed E-state index contributed by atoms with van der Waals surface area (Å²) in [6.45, 7) is 0. The molecule has 2 aromatic rings. The van der Waals surface area contributed by atoms with Crippen LogP contribution in [0.3, 0.4) is 0 Å². The van der Waals surface area contributed by atoms with E-state index in [0.29, 0.717) is 0 Å². The third kappa shape index (κ3) is 4.59. The zero-order valence-electron chi connectivity index (χ0n) is 11.6. The van der Waals surface area contributed by atoms with E-state index in [9.17, 15) is 28.1 Å². The van der Waals surface area contributed by atoms with E-state index in [2.05, 4.69) is 10.1 Å². The molecule has 2 aromatic carbocycles. The number of nitro groups is 1. The Bertz CT molecular complexity index is 796. The fourth-order valence-corrected chi connectivity index (χ4v) is 1.97. The van der Waals surface area contributed by atoms with Crippen molar-refractivity contribution in [1.82, 2.24) is 0 Å². The van der Waals surface area contributed by atoms with E-state index in [1.165, 1.54) is 18.2 Å². The number of nitrogens with one attached hydrogen (secondary N) is 1. The third-order valence-corrected chi connectivity index (χ3v) is 3.06. The van der Waals surface area contributed by atoms with E-state index in [1.807, 2.05) is 0 Å². The van der Waals surface area contributed by atoms with Gasteiger partial charge in [-0.05, 0) is 18.2 Å². The number of amides is 1. The van der Waals surface area contributed by atoms with E-state index < -0.39 is 22.9 Å². The van der Waals surface area contributed by atoms with Gasteiger partial charge in [0, 0.05) is 23.9 Å². The molecule has 0 spiro atoms. The number of nitrogens with zero attached hydrogens (tertiary/aromatic N) is 1. The van der Waals surface area contributed by atoms with Gasteiger partial charge in [0.05, 0.1) is 15.5 Å². The molecule has 0 radical (unpaired) electrons. The first-order valence-corrected chi connectivity index (χ1v) is 6.64. The standard InChI is InChI=1S/C14H8ClF3N2O4/c15-12-5-4-9(20(22)23)7-11(12)13(21)19-8-2-1-3-10(6-8)24-14(16,17)18/h1-7H,(H,19,21). The summed E-state index contributed by atoms with van der Waals surface area (Å²) in [5, 5.41) is 13.0. The Morgan fingerprint density at radius 1 is 1.21 bits per heavy atom. The first-order chi connectivity index (χ1) is 11.2. The minimum absolute atomic E-state index is 0.00400. The van der Waals surface area contributed by atoms with Crippen molar-refractivity contribution in [2.45, 2.75) is 6.36 Å². The number of hydrogen-bond donors (Lipinski definition) is 1. The number of nitro benzene ring substituents is 1. The number of anilines is 1. The number of halogens is 4. The molecular formula is C14H8ClF3N2O4. The SMILES string of the molecule is O=C(Nc1cccc(OC(F)(F)F)c1)c1cc([N+](=O)[O-])ccc1Cl. The normalized spacial score (nSPS) is 11.0. The molecule has 0 aliphatic carbocycles.